The predicted molar refractivity (Wildman–Crippen MR) is 81.2 cm³/mol. The number of nitrogens with one attached hydrogen (secondary N) is 1. The maximum absolute atomic E-state index is 11.9. The fraction of sp³-hybridized carbons (Fsp3) is 0.857. The number of rotatable bonds is 5. The van der Waals surface area contributed by atoms with Crippen LogP contribution < -0.4 is 11.1 Å². The molecule has 0 saturated carbocycles. The Bertz CT molecular complexity index is 550. The molecule has 12 nitrogen and oxygen atoms in total. The Kier molecular flexibility index (Phi) is 5.74. The van der Waals surface area contributed by atoms with Crippen molar-refractivity contribution in [2.24, 2.45) is 5.73 Å². The normalized spacial score (nSPS) is 43.8. The molecule has 3 amide bonds. The largest absolute Gasteiger partial charge is 0.387 e. The number of aliphatic hydroxyl groups is 4. The molecule has 0 aromatic heterocycles. The first kappa shape index (κ1) is 19.4. The van der Waals surface area contributed by atoms with E-state index in [4.69, 9.17) is 19.9 Å². The van der Waals surface area contributed by atoms with Gasteiger partial charge in [0.2, 0.25) is 5.91 Å². The van der Waals surface area contributed by atoms with Gasteiger partial charge in [-0.15, -0.1) is 0 Å². The number of aliphatic hydroxyl groups excluding tert-OH is 4. The number of carbonyl (C=O) groups is 2. The maximum Gasteiger partial charge on any atom is 0.326 e. The summed E-state index contributed by atoms with van der Waals surface area (Å²) in [6.07, 6.45) is -9.34. The molecule has 148 valence electrons. The molecule has 3 aliphatic rings. The van der Waals surface area contributed by atoms with Crippen LogP contribution in [0.15, 0.2) is 0 Å². The molecule has 3 saturated heterocycles. The van der Waals surface area contributed by atoms with E-state index in [0.717, 1.165) is 4.90 Å². The van der Waals surface area contributed by atoms with E-state index in [1.807, 2.05) is 0 Å². The zero-order chi connectivity index (χ0) is 19.0. The molecule has 3 aliphatic heterocycles. The van der Waals surface area contributed by atoms with Crippen molar-refractivity contribution in [1.29, 1.82) is 0 Å². The highest BCUT2D eigenvalue weighted by Crippen LogP contribution is 2.27. The van der Waals surface area contributed by atoms with Crippen LogP contribution >= 0.6 is 0 Å². The van der Waals surface area contributed by atoms with Crippen molar-refractivity contribution in [2.75, 3.05) is 19.7 Å². The fourth-order valence-electron chi connectivity index (χ4n) is 3.18. The molecule has 8 atom stereocenters. The minimum Gasteiger partial charge on any atom is -0.387 e. The molecule has 0 spiro atoms. The summed E-state index contributed by atoms with van der Waals surface area (Å²) in [5.41, 5.74) is 5.41. The van der Waals surface area contributed by atoms with E-state index in [9.17, 15) is 30.0 Å². The quantitative estimate of drug-likeness (QED) is 0.274. The molecular weight excluding hydrogens is 354 g/mol. The van der Waals surface area contributed by atoms with E-state index in [2.05, 4.69) is 5.32 Å². The van der Waals surface area contributed by atoms with Crippen molar-refractivity contribution in [2.45, 2.75) is 55.6 Å². The van der Waals surface area contributed by atoms with Crippen molar-refractivity contribution < 1.29 is 44.2 Å². The lowest BCUT2D eigenvalue weighted by molar-refractivity contribution is -0.188. The van der Waals surface area contributed by atoms with Crippen molar-refractivity contribution in [1.82, 2.24) is 10.2 Å². The fourth-order valence-corrected chi connectivity index (χ4v) is 3.18. The van der Waals surface area contributed by atoms with Gasteiger partial charge in [0.25, 0.3) is 0 Å². The van der Waals surface area contributed by atoms with Crippen LogP contribution in [0.1, 0.15) is 6.42 Å². The molecule has 0 radical (unpaired) electrons. The molecule has 0 bridgehead atoms. The number of ether oxygens (including phenoxy) is 3. The lowest BCUT2D eigenvalue weighted by Gasteiger charge is -2.32. The van der Waals surface area contributed by atoms with Gasteiger partial charge in [0, 0.05) is 19.5 Å². The average Bonchev–Trinajstić information content (AvgIpc) is 3.04. The molecule has 26 heavy (non-hydrogen) atoms. The van der Waals surface area contributed by atoms with E-state index < -0.39 is 61.1 Å². The number of nitrogens with two attached hydrogens (primary N) is 1. The third-order valence-electron chi connectivity index (χ3n) is 4.71. The van der Waals surface area contributed by atoms with Crippen LogP contribution in [-0.2, 0) is 19.0 Å². The van der Waals surface area contributed by atoms with Gasteiger partial charge in [0.15, 0.2) is 12.5 Å². The third kappa shape index (κ3) is 3.54. The van der Waals surface area contributed by atoms with Gasteiger partial charge >= 0.3 is 6.03 Å². The van der Waals surface area contributed by atoms with Crippen LogP contribution in [0.4, 0.5) is 4.79 Å². The number of urea groups is 1. The Morgan fingerprint density at radius 2 is 1.77 bits per heavy atom. The molecule has 3 heterocycles. The van der Waals surface area contributed by atoms with E-state index in [1.54, 1.807) is 0 Å². The Balaban J connectivity index is 1.56. The van der Waals surface area contributed by atoms with Crippen LogP contribution in [0.25, 0.3) is 0 Å². The van der Waals surface area contributed by atoms with Crippen LogP contribution in [0.3, 0.4) is 0 Å². The first-order valence-electron chi connectivity index (χ1n) is 8.28. The monoisotopic (exact) mass is 377 g/mol. The van der Waals surface area contributed by atoms with Crippen LogP contribution in [0.5, 0.6) is 0 Å². The number of carbonyl (C=O) groups excluding carboxylic acids is 2. The standard InChI is InChI=1S/C14H23N3O9/c15-3-5-8(19)11(22)13(26-5)24-4-6-9(20)10(21)12(25-6)17-2-1-7(18)16-14(17)23/h5-6,8-13,19-22H,1-4,15H2,(H,16,18,23)/t5-,6-,8-,9-,10-,11-,12-,13-/m1/s1. The summed E-state index contributed by atoms with van der Waals surface area (Å²) >= 11 is 0. The van der Waals surface area contributed by atoms with E-state index in [1.165, 1.54) is 0 Å². The topological polar surface area (TPSA) is 184 Å². The number of amides is 3. The summed E-state index contributed by atoms with van der Waals surface area (Å²) in [5.74, 6) is -0.431. The van der Waals surface area contributed by atoms with E-state index >= 15 is 0 Å². The van der Waals surface area contributed by atoms with Gasteiger partial charge in [-0.05, 0) is 0 Å². The molecule has 7 N–H and O–H groups in total. The van der Waals surface area contributed by atoms with Crippen molar-refractivity contribution in [3.8, 4) is 0 Å². The highest BCUT2D eigenvalue weighted by atomic mass is 16.7. The Morgan fingerprint density at radius 1 is 1.08 bits per heavy atom. The van der Waals surface area contributed by atoms with Gasteiger partial charge in [-0.3, -0.25) is 15.0 Å². The SMILES string of the molecule is NC[C@H]1O[C@@H](OC[C@H]2O[C@@H](N3CCC(=O)NC3=O)[C@H](O)[C@@H]2O)[C@H](O)[C@@H]1O. The first-order valence-corrected chi connectivity index (χ1v) is 8.28. The van der Waals surface area contributed by atoms with Gasteiger partial charge in [-0.2, -0.15) is 0 Å². The zero-order valence-corrected chi connectivity index (χ0v) is 13.8. The summed E-state index contributed by atoms with van der Waals surface area (Å²) < 4.78 is 16.1. The molecule has 3 rings (SSSR count). The number of hydrogen-bond acceptors (Lipinski definition) is 10. The van der Waals surface area contributed by atoms with E-state index in [0.29, 0.717) is 0 Å². The van der Waals surface area contributed by atoms with Gasteiger partial charge in [-0.25, -0.2) is 4.79 Å². The summed E-state index contributed by atoms with van der Waals surface area (Å²) in [7, 11) is 0. The summed E-state index contributed by atoms with van der Waals surface area (Å²) in [5, 5.41) is 42.0. The highest BCUT2D eigenvalue weighted by molar-refractivity contribution is 5.96. The molecule has 0 unspecified atom stereocenters. The van der Waals surface area contributed by atoms with Gasteiger partial charge in [0.1, 0.15) is 36.6 Å². The molecule has 3 fully saturated rings. The number of imide groups is 1. The molecule has 0 aliphatic carbocycles. The summed E-state index contributed by atoms with van der Waals surface area (Å²) in [6.45, 7) is -0.236. The Labute approximate surface area is 148 Å². The van der Waals surface area contributed by atoms with E-state index in [-0.39, 0.29) is 26.1 Å². The van der Waals surface area contributed by atoms with Crippen LogP contribution in [0, 0.1) is 0 Å². The smallest absolute Gasteiger partial charge is 0.326 e. The second-order valence-electron chi connectivity index (χ2n) is 6.44. The van der Waals surface area contributed by atoms with Crippen molar-refractivity contribution in [3.63, 3.8) is 0 Å². The lowest BCUT2D eigenvalue weighted by atomic mass is 10.1. The maximum atomic E-state index is 11.9. The summed E-state index contributed by atoms with van der Waals surface area (Å²) in [4.78, 5) is 24.2. The van der Waals surface area contributed by atoms with Crippen LogP contribution in [-0.4, -0.2) is 106 Å². The Hall–Kier alpha value is -1.38. The highest BCUT2D eigenvalue weighted by Gasteiger charge is 2.49. The average molecular weight is 377 g/mol. The second-order valence-corrected chi connectivity index (χ2v) is 6.44. The first-order chi connectivity index (χ1) is 12.3. The third-order valence-corrected chi connectivity index (χ3v) is 4.71. The lowest BCUT2D eigenvalue weighted by Crippen LogP contribution is -2.56. The molecule has 12 heteroatoms. The van der Waals surface area contributed by atoms with Crippen LogP contribution in [0.2, 0.25) is 0 Å². The molecular formula is C14H23N3O9. The Morgan fingerprint density at radius 3 is 2.38 bits per heavy atom. The number of hydrogen-bond donors (Lipinski definition) is 6. The van der Waals surface area contributed by atoms with Crippen molar-refractivity contribution >= 4 is 11.9 Å². The predicted octanol–water partition coefficient (Wildman–Crippen LogP) is -4.20. The van der Waals surface area contributed by atoms with Gasteiger partial charge in [0.05, 0.1) is 6.61 Å². The molecule has 0 aromatic carbocycles. The minimum atomic E-state index is -1.40. The minimum absolute atomic E-state index is 0.00970. The van der Waals surface area contributed by atoms with Gasteiger partial charge < -0.3 is 40.4 Å². The second kappa shape index (κ2) is 7.70. The van der Waals surface area contributed by atoms with Crippen molar-refractivity contribution in [3.05, 3.63) is 0 Å². The number of nitrogens with zero attached hydrogens (tertiary/aromatic N) is 1. The summed E-state index contributed by atoms with van der Waals surface area (Å²) in [6, 6.07) is -0.720. The van der Waals surface area contributed by atoms with Gasteiger partial charge in [-0.1, -0.05) is 0 Å². The molecule has 0 aromatic rings. The zero-order valence-electron chi connectivity index (χ0n) is 13.8.